The zero-order valence-corrected chi connectivity index (χ0v) is 11.8. The molecule has 0 heterocycles. The fraction of sp³-hybridized carbons (Fsp3) is 0.188. The van der Waals surface area contributed by atoms with Gasteiger partial charge in [-0.25, -0.2) is 0 Å². The molecule has 19 heavy (non-hydrogen) atoms. The number of carbonyl (C=O) groups excluding carboxylic acids is 1. The SMILES string of the molecule is Cc1ccc(CN(C)c2c(Cl)cccc2C=O)cc1. The summed E-state index contributed by atoms with van der Waals surface area (Å²) in [6.45, 7) is 2.77. The predicted octanol–water partition coefficient (Wildman–Crippen LogP) is 4.10. The van der Waals surface area contributed by atoms with Crippen molar-refractivity contribution in [1.29, 1.82) is 0 Å². The molecule has 0 amide bonds. The van der Waals surface area contributed by atoms with Crippen molar-refractivity contribution < 1.29 is 4.79 Å². The van der Waals surface area contributed by atoms with Gasteiger partial charge in [0.1, 0.15) is 0 Å². The van der Waals surface area contributed by atoms with Gasteiger partial charge in [-0.1, -0.05) is 47.5 Å². The molecular formula is C16H16ClNO. The highest BCUT2D eigenvalue weighted by atomic mass is 35.5. The molecule has 0 aliphatic carbocycles. The lowest BCUT2D eigenvalue weighted by molar-refractivity contribution is 0.112. The molecule has 2 aromatic carbocycles. The van der Waals surface area contributed by atoms with Gasteiger partial charge in [-0.2, -0.15) is 0 Å². The van der Waals surface area contributed by atoms with Crippen molar-refractivity contribution in [2.45, 2.75) is 13.5 Å². The van der Waals surface area contributed by atoms with E-state index in [1.54, 1.807) is 18.2 Å². The molecule has 0 saturated heterocycles. The number of rotatable bonds is 4. The highest BCUT2D eigenvalue weighted by Gasteiger charge is 2.11. The zero-order chi connectivity index (χ0) is 13.8. The number of halogens is 1. The van der Waals surface area contributed by atoms with Gasteiger partial charge < -0.3 is 4.90 Å². The van der Waals surface area contributed by atoms with E-state index in [-0.39, 0.29) is 0 Å². The van der Waals surface area contributed by atoms with Crippen LogP contribution in [0.3, 0.4) is 0 Å². The van der Waals surface area contributed by atoms with Crippen LogP contribution >= 0.6 is 11.6 Å². The average molecular weight is 274 g/mol. The van der Waals surface area contributed by atoms with E-state index in [1.807, 2.05) is 11.9 Å². The Morgan fingerprint density at radius 2 is 1.84 bits per heavy atom. The number of carbonyl (C=O) groups is 1. The first-order valence-corrected chi connectivity index (χ1v) is 6.50. The number of anilines is 1. The molecule has 0 aromatic heterocycles. The Hall–Kier alpha value is -1.80. The first kappa shape index (κ1) is 13.6. The van der Waals surface area contributed by atoms with Crippen molar-refractivity contribution in [2.24, 2.45) is 0 Å². The Kier molecular flexibility index (Phi) is 4.23. The van der Waals surface area contributed by atoms with E-state index in [4.69, 9.17) is 11.6 Å². The molecule has 0 fully saturated rings. The molecule has 2 nitrogen and oxygen atoms in total. The van der Waals surface area contributed by atoms with Crippen LogP contribution in [-0.2, 0) is 6.54 Å². The minimum atomic E-state index is 0.596. The lowest BCUT2D eigenvalue weighted by atomic mass is 10.1. The second-order valence-electron chi connectivity index (χ2n) is 4.64. The van der Waals surface area contributed by atoms with Crippen molar-refractivity contribution in [3.63, 3.8) is 0 Å². The van der Waals surface area contributed by atoms with Crippen molar-refractivity contribution in [3.8, 4) is 0 Å². The van der Waals surface area contributed by atoms with E-state index in [0.717, 1.165) is 12.0 Å². The fourth-order valence-corrected chi connectivity index (χ4v) is 2.40. The maximum absolute atomic E-state index is 11.1. The van der Waals surface area contributed by atoms with Crippen molar-refractivity contribution in [2.75, 3.05) is 11.9 Å². The third-order valence-electron chi connectivity index (χ3n) is 3.07. The molecule has 98 valence electrons. The van der Waals surface area contributed by atoms with Gasteiger partial charge in [0, 0.05) is 19.2 Å². The minimum absolute atomic E-state index is 0.596. The van der Waals surface area contributed by atoms with E-state index >= 15 is 0 Å². The van der Waals surface area contributed by atoms with Crippen molar-refractivity contribution in [3.05, 3.63) is 64.2 Å². The number of aldehydes is 1. The van der Waals surface area contributed by atoms with Crippen LogP contribution in [0.2, 0.25) is 5.02 Å². The summed E-state index contributed by atoms with van der Waals surface area (Å²) in [4.78, 5) is 13.1. The molecule has 0 aliphatic rings. The first-order chi connectivity index (χ1) is 9.11. The van der Waals surface area contributed by atoms with Gasteiger partial charge in [0.05, 0.1) is 10.7 Å². The Balaban J connectivity index is 2.27. The van der Waals surface area contributed by atoms with Crippen LogP contribution in [0.25, 0.3) is 0 Å². The molecule has 0 radical (unpaired) electrons. The summed E-state index contributed by atoms with van der Waals surface area (Å²) in [5.41, 5.74) is 3.81. The van der Waals surface area contributed by atoms with Crippen LogP contribution in [0.1, 0.15) is 21.5 Å². The normalized spacial score (nSPS) is 10.3. The Morgan fingerprint density at radius 3 is 2.47 bits per heavy atom. The van der Waals surface area contributed by atoms with Crippen LogP contribution in [0.5, 0.6) is 0 Å². The molecule has 0 N–H and O–H groups in total. The third-order valence-corrected chi connectivity index (χ3v) is 3.37. The van der Waals surface area contributed by atoms with E-state index in [0.29, 0.717) is 17.1 Å². The van der Waals surface area contributed by atoms with Crippen LogP contribution in [0, 0.1) is 6.92 Å². The van der Waals surface area contributed by atoms with Gasteiger partial charge >= 0.3 is 0 Å². The van der Waals surface area contributed by atoms with E-state index < -0.39 is 0 Å². The van der Waals surface area contributed by atoms with Gasteiger partial charge in [-0.3, -0.25) is 4.79 Å². The molecule has 0 saturated carbocycles. The minimum Gasteiger partial charge on any atom is -0.368 e. The lowest BCUT2D eigenvalue weighted by Crippen LogP contribution is -2.18. The number of benzene rings is 2. The molecule has 0 spiro atoms. The first-order valence-electron chi connectivity index (χ1n) is 6.12. The fourth-order valence-electron chi connectivity index (χ4n) is 2.08. The summed E-state index contributed by atoms with van der Waals surface area (Å²) in [5.74, 6) is 0. The number of hydrogen-bond donors (Lipinski definition) is 0. The van der Waals surface area contributed by atoms with Crippen molar-refractivity contribution in [1.82, 2.24) is 0 Å². The lowest BCUT2D eigenvalue weighted by Gasteiger charge is -2.22. The maximum Gasteiger partial charge on any atom is 0.152 e. The van der Waals surface area contributed by atoms with E-state index in [9.17, 15) is 4.79 Å². The third kappa shape index (κ3) is 3.15. The number of aryl methyl sites for hydroxylation is 1. The molecule has 0 atom stereocenters. The quantitative estimate of drug-likeness (QED) is 0.782. The molecular weight excluding hydrogens is 258 g/mol. The number of hydrogen-bond acceptors (Lipinski definition) is 2. The van der Waals surface area contributed by atoms with Crippen LogP contribution < -0.4 is 4.90 Å². The zero-order valence-electron chi connectivity index (χ0n) is 11.1. The Morgan fingerprint density at radius 1 is 1.16 bits per heavy atom. The molecule has 3 heteroatoms. The standard InChI is InChI=1S/C16H16ClNO/c1-12-6-8-13(9-7-12)10-18(2)16-14(11-19)4-3-5-15(16)17/h3-9,11H,10H2,1-2H3. The van der Waals surface area contributed by atoms with Crippen LogP contribution in [0.4, 0.5) is 5.69 Å². The second-order valence-corrected chi connectivity index (χ2v) is 5.04. The second kappa shape index (κ2) is 5.89. The highest BCUT2D eigenvalue weighted by Crippen LogP contribution is 2.29. The smallest absolute Gasteiger partial charge is 0.152 e. The summed E-state index contributed by atoms with van der Waals surface area (Å²) >= 11 is 6.19. The monoisotopic (exact) mass is 273 g/mol. The maximum atomic E-state index is 11.1. The molecule has 0 bridgehead atoms. The summed E-state index contributed by atoms with van der Waals surface area (Å²) in [5, 5.41) is 0.596. The molecule has 2 aromatic rings. The summed E-state index contributed by atoms with van der Waals surface area (Å²) in [6.07, 6.45) is 0.840. The largest absolute Gasteiger partial charge is 0.368 e. The predicted molar refractivity (Wildman–Crippen MR) is 80.1 cm³/mol. The van der Waals surface area contributed by atoms with Crippen LogP contribution in [-0.4, -0.2) is 13.3 Å². The summed E-state index contributed by atoms with van der Waals surface area (Å²) in [7, 11) is 1.94. The van der Waals surface area contributed by atoms with Gasteiger partial charge in [0.2, 0.25) is 0 Å². The van der Waals surface area contributed by atoms with E-state index in [2.05, 4.69) is 31.2 Å². The Labute approximate surface area is 118 Å². The summed E-state index contributed by atoms with van der Waals surface area (Å²) < 4.78 is 0. The van der Waals surface area contributed by atoms with Crippen molar-refractivity contribution >= 4 is 23.6 Å². The van der Waals surface area contributed by atoms with Gasteiger partial charge in [-0.15, -0.1) is 0 Å². The summed E-state index contributed by atoms with van der Waals surface area (Å²) in [6, 6.07) is 13.7. The number of para-hydroxylation sites is 1. The highest BCUT2D eigenvalue weighted by molar-refractivity contribution is 6.33. The van der Waals surface area contributed by atoms with Gasteiger partial charge in [-0.05, 0) is 24.6 Å². The topological polar surface area (TPSA) is 20.3 Å². The van der Waals surface area contributed by atoms with Gasteiger partial charge in [0.25, 0.3) is 0 Å². The van der Waals surface area contributed by atoms with Crippen LogP contribution in [0.15, 0.2) is 42.5 Å². The van der Waals surface area contributed by atoms with E-state index in [1.165, 1.54) is 11.1 Å². The molecule has 0 unspecified atom stereocenters. The average Bonchev–Trinajstić information content (AvgIpc) is 2.40. The van der Waals surface area contributed by atoms with Gasteiger partial charge in [0.15, 0.2) is 6.29 Å². The Bertz CT molecular complexity index is 578. The molecule has 0 aliphatic heterocycles. The number of nitrogens with zero attached hydrogens (tertiary/aromatic N) is 1. The molecule has 2 rings (SSSR count).